The Hall–Kier alpha value is -0.549. The number of ether oxygens (including phenoxy) is 1. The van der Waals surface area contributed by atoms with Crippen molar-refractivity contribution in [1.29, 1.82) is 0 Å². The van der Waals surface area contributed by atoms with Crippen molar-refractivity contribution in [2.45, 2.75) is 26.4 Å². The van der Waals surface area contributed by atoms with E-state index in [1.54, 1.807) is 25.7 Å². The van der Waals surface area contributed by atoms with Crippen molar-refractivity contribution < 1.29 is 78.7 Å². The maximum atomic E-state index is 13.0. The van der Waals surface area contributed by atoms with Crippen molar-refractivity contribution in [2.24, 2.45) is 0 Å². The molecule has 1 aliphatic heterocycles. The SMILES string of the molecule is CC(C)(C)OC(=O)N1CCN(c2cc(C=O)cc([B-](F)(F)F)c2)CC1.[K+]. The van der Waals surface area contributed by atoms with Gasteiger partial charge in [0, 0.05) is 37.4 Å². The number of rotatable bonds is 3. The smallest absolute Gasteiger partial charge is 0.445 e. The fourth-order valence-corrected chi connectivity index (χ4v) is 2.57. The van der Waals surface area contributed by atoms with Crippen LogP contribution in [0.25, 0.3) is 0 Å². The van der Waals surface area contributed by atoms with Crippen LogP contribution in [0, 0.1) is 0 Å². The van der Waals surface area contributed by atoms with Crippen LogP contribution in [0.15, 0.2) is 18.2 Å². The fraction of sp³-hybridized carbons (Fsp3) is 0.500. The van der Waals surface area contributed by atoms with Crippen molar-refractivity contribution >= 4 is 30.5 Å². The molecule has 0 aliphatic carbocycles. The Morgan fingerprint density at radius 3 is 2.15 bits per heavy atom. The molecule has 0 radical (unpaired) electrons. The second-order valence-electron chi connectivity index (χ2n) is 7.00. The molecule has 1 heterocycles. The van der Waals surface area contributed by atoms with Gasteiger partial charge in [-0.1, -0.05) is 12.1 Å². The first-order valence-electron chi connectivity index (χ1n) is 8.02. The molecule has 1 aromatic carbocycles. The van der Waals surface area contributed by atoms with Crippen molar-refractivity contribution in [3.05, 3.63) is 23.8 Å². The summed E-state index contributed by atoms with van der Waals surface area (Å²) in [6.07, 6.45) is -0.0284. The van der Waals surface area contributed by atoms with E-state index in [0.717, 1.165) is 12.1 Å². The first kappa shape index (κ1) is 23.5. The zero-order valence-electron chi connectivity index (χ0n) is 15.5. The summed E-state index contributed by atoms with van der Waals surface area (Å²) in [5.41, 5.74) is -1.07. The molecule has 0 spiro atoms. The van der Waals surface area contributed by atoms with Gasteiger partial charge in [0.2, 0.25) is 0 Å². The predicted molar refractivity (Wildman–Crippen MR) is 90.6 cm³/mol. The van der Waals surface area contributed by atoms with E-state index in [0.29, 0.717) is 38.2 Å². The second-order valence-corrected chi connectivity index (χ2v) is 7.00. The van der Waals surface area contributed by atoms with Crippen LogP contribution in [0.4, 0.5) is 23.4 Å². The maximum absolute atomic E-state index is 13.0. The third-order valence-electron chi connectivity index (χ3n) is 3.77. The van der Waals surface area contributed by atoms with Gasteiger partial charge in [-0.25, -0.2) is 4.79 Å². The number of anilines is 1. The molecule has 26 heavy (non-hydrogen) atoms. The first-order chi connectivity index (χ1) is 11.5. The average Bonchev–Trinajstić information content (AvgIpc) is 2.52. The summed E-state index contributed by atoms with van der Waals surface area (Å²) >= 11 is 0. The molecule has 0 saturated carbocycles. The van der Waals surface area contributed by atoms with Gasteiger partial charge in [-0.05, 0) is 26.8 Å². The summed E-state index contributed by atoms with van der Waals surface area (Å²) in [6, 6.07) is 3.34. The Balaban J connectivity index is 0.00000338. The zero-order valence-corrected chi connectivity index (χ0v) is 18.6. The Bertz CT molecular complexity index is 657. The van der Waals surface area contributed by atoms with Crippen LogP contribution in [0.1, 0.15) is 31.1 Å². The number of aldehydes is 1. The molecule has 138 valence electrons. The summed E-state index contributed by atoms with van der Waals surface area (Å²) in [6.45, 7) is 1.54. The van der Waals surface area contributed by atoms with E-state index in [1.807, 2.05) is 0 Å². The second kappa shape index (κ2) is 9.10. The molecule has 0 bridgehead atoms. The van der Waals surface area contributed by atoms with Crippen LogP contribution in [-0.4, -0.2) is 56.0 Å². The molecule has 10 heteroatoms. The Labute approximate surface area is 193 Å². The molecule has 1 saturated heterocycles. The van der Waals surface area contributed by atoms with Crippen molar-refractivity contribution in [2.75, 3.05) is 31.1 Å². The molecule has 5 nitrogen and oxygen atoms in total. The fourth-order valence-electron chi connectivity index (χ4n) is 2.57. The van der Waals surface area contributed by atoms with Gasteiger partial charge in [-0.2, -0.15) is 0 Å². The quantitative estimate of drug-likeness (QED) is 0.516. The minimum atomic E-state index is -5.19. The number of carbonyl (C=O) groups is 2. The minimum Gasteiger partial charge on any atom is -0.445 e. The number of hydrogen-bond donors (Lipinski definition) is 0. The maximum Gasteiger partial charge on any atom is 1.00 e. The topological polar surface area (TPSA) is 49.9 Å². The molecular formula is C16H21BF3KN2O3. The number of benzene rings is 1. The number of nitrogens with zero attached hydrogens (tertiary/aromatic N) is 2. The van der Waals surface area contributed by atoms with Gasteiger partial charge in [0.05, 0.1) is 0 Å². The minimum absolute atomic E-state index is 0. The van der Waals surface area contributed by atoms with Gasteiger partial charge in [0.15, 0.2) is 0 Å². The van der Waals surface area contributed by atoms with Gasteiger partial charge in [0.1, 0.15) is 11.9 Å². The number of halogens is 3. The normalized spacial score (nSPS) is 15.3. The molecule has 2 rings (SSSR count). The van der Waals surface area contributed by atoms with Crippen LogP contribution in [-0.2, 0) is 4.74 Å². The molecule has 1 amide bonds. The molecule has 0 unspecified atom stereocenters. The Morgan fingerprint density at radius 2 is 1.69 bits per heavy atom. The van der Waals surface area contributed by atoms with E-state index in [1.165, 1.54) is 11.0 Å². The van der Waals surface area contributed by atoms with Crippen LogP contribution < -0.4 is 61.7 Å². The summed E-state index contributed by atoms with van der Waals surface area (Å²) in [5, 5.41) is 0. The van der Waals surface area contributed by atoms with Crippen LogP contribution in [0.5, 0.6) is 0 Å². The zero-order chi connectivity index (χ0) is 18.8. The van der Waals surface area contributed by atoms with E-state index in [4.69, 9.17) is 4.74 Å². The van der Waals surface area contributed by atoms with Crippen LogP contribution >= 0.6 is 0 Å². The summed E-state index contributed by atoms with van der Waals surface area (Å²) in [7, 11) is 0. The van der Waals surface area contributed by atoms with Gasteiger partial charge in [0.25, 0.3) is 0 Å². The largest absolute Gasteiger partial charge is 1.00 e. The first-order valence-corrected chi connectivity index (χ1v) is 8.02. The Kier molecular flexibility index (Phi) is 8.22. The van der Waals surface area contributed by atoms with Gasteiger partial charge in [-0.3, -0.25) is 4.79 Å². The monoisotopic (exact) mass is 396 g/mol. The van der Waals surface area contributed by atoms with Crippen LogP contribution in [0.2, 0.25) is 0 Å². The Morgan fingerprint density at radius 1 is 1.12 bits per heavy atom. The van der Waals surface area contributed by atoms with Crippen molar-refractivity contribution in [3.8, 4) is 0 Å². The third kappa shape index (κ3) is 6.56. The van der Waals surface area contributed by atoms with E-state index in [2.05, 4.69) is 0 Å². The predicted octanol–water partition coefficient (Wildman–Crippen LogP) is -0.385. The van der Waals surface area contributed by atoms with Crippen molar-refractivity contribution in [1.82, 2.24) is 4.90 Å². The van der Waals surface area contributed by atoms with Crippen molar-refractivity contribution in [3.63, 3.8) is 0 Å². The number of hydrogen-bond acceptors (Lipinski definition) is 4. The number of piperazine rings is 1. The van der Waals surface area contributed by atoms with E-state index >= 15 is 0 Å². The number of amides is 1. The van der Waals surface area contributed by atoms with Gasteiger partial charge in [-0.15, -0.1) is 5.46 Å². The molecule has 0 aromatic heterocycles. The van der Waals surface area contributed by atoms with Gasteiger partial charge >= 0.3 is 64.5 Å². The molecular weight excluding hydrogens is 375 g/mol. The van der Waals surface area contributed by atoms with E-state index in [-0.39, 0.29) is 56.9 Å². The number of carbonyl (C=O) groups excluding carboxylic acids is 2. The molecule has 0 N–H and O–H groups in total. The summed E-state index contributed by atoms with van der Waals surface area (Å²) in [5.74, 6) is 0. The standard InChI is InChI=1S/C16H21BF3N2O3.K/c1-16(2,3)25-15(24)22-6-4-21(5-7-22)14-9-12(11-23)8-13(10-14)17(18,19)20;/h8-11H,4-7H2,1-3H3;/q-1;+1. The summed E-state index contributed by atoms with van der Waals surface area (Å²) < 4.78 is 44.4. The van der Waals surface area contributed by atoms with E-state index in [9.17, 15) is 22.5 Å². The molecule has 1 fully saturated rings. The van der Waals surface area contributed by atoms with Gasteiger partial charge < -0.3 is 27.5 Å². The molecule has 0 atom stereocenters. The van der Waals surface area contributed by atoms with E-state index < -0.39 is 24.1 Å². The molecule has 1 aromatic rings. The van der Waals surface area contributed by atoms with Crippen LogP contribution in [0.3, 0.4) is 0 Å². The summed E-state index contributed by atoms with van der Waals surface area (Å²) in [4.78, 5) is 26.2. The molecule has 1 aliphatic rings. The average molecular weight is 396 g/mol. The third-order valence-corrected chi connectivity index (χ3v) is 3.77.